The van der Waals surface area contributed by atoms with Crippen molar-refractivity contribution in [1.29, 1.82) is 0 Å². The number of carbonyl (C=O) groups is 2. The normalized spacial score (nSPS) is 12.5. The summed E-state index contributed by atoms with van der Waals surface area (Å²) in [5.74, 6) is -0.274. The fourth-order valence-corrected chi connectivity index (χ4v) is 1.69. The molecule has 22 heavy (non-hydrogen) atoms. The molecule has 1 amide bonds. The second-order valence-corrected chi connectivity index (χ2v) is 6.45. The zero-order chi connectivity index (χ0) is 16.8. The van der Waals surface area contributed by atoms with Gasteiger partial charge in [0.25, 0.3) is 0 Å². The number of carboxylic acids is 1. The molecule has 5 nitrogen and oxygen atoms in total. The summed E-state index contributed by atoms with van der Waals surface area (Å²) in [5, 5.41) is 11.4. The van der Waals surface area contributed by atoms with E-state index in [0.29, 0.717) is 18.8 Å². The Hall–Kier alpha value is -2.04. The molecule has 0 aliphatic heterocycles. The van der Waals surface area contributed by atoms with Crippen molar-refractivity contribution in [3.05, 3.63) is 24.3 Å². The number of carboxylic acid groups (broad SMARTS) is 1. The molecule has 0 aliphatic carbocycles. The molecule has 0 heterocycles. The molecule has 0 saturated carbocycles. The van der Waals surface area contributed by atoms with E-state index in [2.05, 4.69) is 5.32 Å². The predicted molar refractivity (Wildman–Crippen MR) is 86.1 cm³/mol. The Morgan fingerprint density at radius 1 is 1.23 bits per heavy atom. The number of benzene rings is 1. The van der Waals surface area contributed by atoms with E-state index in [-0.39, 0.29) is 23.7 Å². The summed E-state index contributed by atoms with van der Waals surface area (Å²) in [6.45, 7) is 8.37. The molecule has 0 spiro atoms. The SMILES string of the molecule is CC(C(=O)Nc1ccc(OCCCC(=O)O)cc1)C(C)(C)C. The molecule has 0 aromatic heterocycles. The lowest BCUT2D eigenvalue weighted by atomic mass is 9.81. The van der Waals surface area contributed by atoms with Gasteiger partial charge in [-0.1, -0.05) is 27.7 Å². The lowest BCUT2D eigenvalue weighted by Crippen LogP contribution is -2.30. The molecule has 1 unspecified atom stereocenters. The highest BCUT2D eigenvalue weighted by molar-refractivity contribution is 5.92. The van der Waals surface area contributed by atoms with Crippen molar-refractivity contribution in [1.82, 2.24) is 0 Å². The molecule has 2 N–H and O–H groups in total. The summed E-state index contributed by atoms with van der Waals surface area (Å²) in [6, 6.07) is 7.08. The van der Waals surface area contributed by atoms with Gasteiger partial charge in [-0.05, 0) is 36.1 Å². The van der Waals surface area contributed by atoms with Crippen LogP contribution in [0.5, 0.6) is 5.75 Å². The number of anilines is 1. The average Bonchev–Trinajstić information content (AvgIpc) is 2.43. The number of rotatable bonds is 7. The first-order valence-electron chi connectivity index (χ1n) is 7.45. The fourth-order valence-electron chi connectivity index (χ4n) is 1.69. The van der Waals surface area contributed by atoms with Gasteiger partial charge < -0.3 is 15.2 Å². The summed E-state index contributed by atoms with van der Waals surface area (Å²) in [6.07, 6.45) is 0.565. The van der Waals surface area contributed by atoms with E-state index in [4.69, 9.17) is 9.84 Å². The molecule has 0 aliphatic rings. The molecule has 0 saturated heterocycles. The predicted octanol–water partition coefficient (Wildman–Crippen LogP) is 3.55. The van der Waals surface area contributed by atoms with Crippen LogP contribution in [0.15, 0.2) is 24.3 Å². The van der Waals surface area contributed by atoms with Crippen LogP contribution in [0.2, 0.25) is 0 Å². The third-order valence-corrected chi connectivity index (χ3v) is 3.62. The van der Waals surface area contributed by atoms with Crippen LogP contribution in [-0.2, 0) is 9.59 Å². The van der Waals surface area contributed by atoms with Crippen molar-refractivity contribution in [2.45, 2.75) is 40.5 Å². The standard InChI is InChI=1S/C17H25NO4/c1-12(17(2,3)4)16(21)18-13-7-9-14(10-8-13)22-11-5-6-15(19)20/h7-10,12H,5-6,11H2,1-4H3,(H,18,21)(H,19,20). The first-order chi connectivity index (χ1) is 10.2. The van der Waals surface area contributed by atoms with Crippen LogP contribution >= 0.6 is 0 Å². The summed E-state index contributed by atoms with van der Waals surface area (Å²) in [4.78, 5) is 22.5. The van der Waals surface area contributed by atoms with Crippen LogP contribution < -0.4 is 10.1 Å². The highest BCUT2D eigenvalue weighted by Gasteiger charge is 2.26. The van der Waals surface area contributed by atoms with Crippen molar-refractivity contribution in [3.63, 3.8) is 0 Å². The molecule has 0 radical (unpaired) electrons. The van der Waals surface area contributed by atoms with Crippen LogP contribution in [0.3, 0.4) is 0 Å². The third kappa shape index (κ3) is 6.16. The smallest absolute Gasteiger partial charge is 0.303 e. The summed E-state index contributed by atoms with van der Waals surface area (Å²) in [5.41, 5.74) is 0.635. The van der Waals surface area contributed by atoms with Gasteiger partial charge in [-0.25, -0.2) is 0 Å². The Bertz CT molecular complexity index is 502. The zero-order valence-corrected chi connectivity index (χ0v) is 13.7. The minimum atomic E-state index is -0.824. The fraction of sp³-hybridized carbons (Fsp3) is 0.529. The van der Waals surface area contributed by atoms with Gasteiger partial charge in [0.15, 0.2) is 0 Å². The Morgan fingerprint density at radius 3 is 2.32 bits per heavy atom. The Labute approximate surface area is 131 Å². The van der Waals surface area contributed by atoms with Crippen LogP contribution in [0.25, 0.3) is 0 Å². The second kappa shape index (κ2) is 7.82. The van der Waals surface area contributed by atoms with E-state index >= 15 is 0 Å². The van der Waals surface area contributed by atoms with Crippen molar-refractivity contribution >= 4 is 17.6 Å². The number of hydrogen-bond donors (Lipinski definition) is 2. The average molecular weight is 307 g/mol. The molecule has 1 atom stereocenters. The molecule has 0 bridgehead atoms. The van der Waals surface area contributed by atoms with Gasteiger partial charge >= 0.3 is 5.97 Å². The van der Waals surface area contributed by atoms with E-state index < -0.39 is 5.97 Å². The molecule has 1 rings (SSSR count). The van der Waals surface area contributed by atoms with Gasteiger partial charge in [-0.3, -0.25) is 9.59 Å². The van der Waals surface area contributed by atoms with E-state index in [9.17, 15) is 9.59 Å². The molecule has 1 aromatic carbocycles. The minimum Gasteiger partial charge on any atom is -0.494 e. The van der Waals surface area contributed by atoms with Crippen molar-refractivity contribution < 1.29 is 19.4 Å². The maximum atomic E-state index is 12.1. The number of amides is 1. The molecule has 122 valence electrons. The van der Waals surface area contributed by atoms with Gasteiger partial charge in [-0.15, -0.1) is 0 Å². The third-order valence-electron chi connectivity index (χ3n) is 3.62. The van der Waals surface area contributed by atoms with Gasteiger partial charge in [0.05, 0.1) is 6.61 Å². The molecule has 0 fully saturated rings. The number of ether oxygens (including phenoxy) is 1. The van der Waals surface area contributed by atoms with Crippen LogP contribution in [-0.4, -0.2) is 23.6 Å². The van der Waals surface area contributed by atoms with Crippen molar-refractivity contribution in [2.24, 2.45) is 11.3 Å². The zero-order valence-electron chi connectivity index (χ0n) is 13.7. The lowest BCUT2D eigenvalue weighted by molar-refractivity contribution is -0.137. The maximum Gasteiger partial charge on any atom is 0.303 e. The van der Waals surface area contributed by atoms with Crippen LogP contribution in [0.1, 0.15) is 40.5 Å². The van der Waals surface area contributed by atoms with E-state index in [0.717, 1.165) is 5.69 Å². The number of aliphatic carboxylic acids is 1. The summed E-state index contributed by atoms with van der Waals surface area (Å²) >= 11 is 0. The van der Waals surface area contributed by atoms with E-state index in [1.807, 2.05) is 27.7 Å². The topological polar surface area (TPSA) is 75.6 Å². The number of hydrogen-bond acceptors (Lipinski definition) is 3. The highest BCUT2D eigenvalue weighted by Crippen LogP contribution is 2.26. The Kier molecular flexibility index (Phi) is 6.40. The van der Waals surface area contributed by atoms with Gasteiger partial charge in [0.1, 0.15) is 5.75 Å². The monoisotopic (exact) mass is 307 g/mol. The van der Waals surface area contributed by atoms with E-state index in [1.165, 1.54) is 0 Å². The first-order valence-corrected chi connectivity index (χ1v) is 7.45. The summed E-state index contributed by atoms with van der Waals surface area (Å²) in [7, 11) is 0. The minimum absolute atomic E-state index is 0.0115. The lowest BCUT2D eigenvalue weighted by Gasteiger charge is -2.26. The van der Waals surface area contributed by atoms with Crippen LogP contribution in [0, 0.1) is 11.3 Å². The second-order valence-electron chi connectivity index (χ2n) is 6.45. The highest BCUT2D eigenvalue weighted by atomic mass is 16.5. The Balaban J connectivity index is 2.48. The van der Waals surface area contributed by atoms with Crippen LogP contribution in [0.4, 0.5) is 5.69 Å². The summed E-state index contributed by atoms with van der Waals surface area (Å²) < 4.78 is 5.44. The molecular formula is C17H25NO4. The molecule has 1 aromatic rings. The maximum absolute atomic E-state index is 12.1. The number of carbonyl (C=O) groups excluding carboxylic acids is 1. The quantitative estimate of drug-likeness (QED) is 0.755. The largest absolute Gasteiger partial charge is 0.494 e. The molecule has 5 heteroatoms. The van der Waals surface area contributed by atoms with Crippen molar-refractivity contribution in [3.8, 4) is 5.75 Å². The van der Waals surface area contributed by atoms with Gasteiger partial charge in [0.2, 0.25) is 5.91 Å². The number of nitrogens with one attached hydrogen (secondary N) is 1. The van der Waals surface area contributed by atoms with Gasteiger partial charge in [0, 0.05) is 18.0 Å². The van der Waals surface area contributed by atoms with Gasteiger partial charge in [-0.2, -0.15) is 0 Å². The molecular weight excluding hydrogens is 282 g/mol. The Morgan fingerprint density at radius 2 is 1.82 bits per heavy atom. The van der Waals surface area contributed by atoms with E-state index in [1.54, 1.807) is 24.3 Å². The van der Waals surface area contributed by atoms with Crippen molar-refractivity contribution in [2.75, 3.05) is 11.9 Å². The first kappa shape index (κ1) is 18.0.